The number of hydrogen-bond acceptors (Lipinski definition) is 5. The summed E-state index contributed by atoms with van der Waals surface area (Å²) in [7, 11) is 1.76. The molecule has 1 aromatic carbocycles. The molecule has 0 radical (unpaired) electrons. The molecular weight excluding hydrogens is 428 g/mol. The Hall–Kier alpha value is -2.74. The standard InChI is InChI=1S/C18H20ClF2N3O2.C4H8O/c1-11(12-6-7-23-16(9-12)22-3)24-17(25)13-4-5-15(14(19)8-13)26-10-18(2,20)21;1-4(2)3-5/h4-9,11H,10H2,1-3H3,(H,22,23)(H,24,25);3-4H,1-2H3. The third-order valence-electron chi connectivity index (χ3n) is 3.84. The topological polar surface area (TPSA) is 80.3 Å². The Balaban J connectivity index is 0.000000861. The van der Waals surface area contributed by atoms with Crippen LogP contribution in [0.5, 0.6) is 5.75 Å². The summed E-state index contributed by atoms with van der Waals surface area (Å²) in [6, 6.07) is 7.65. The van der Waals surface area contributed by atoms with Crippen LogP contribution in [0.25, 0.3) is 0 Å². The van der Waals surface area contributed by atoms with E-state index in [-0.39, 0.29) is 28.6 Å². The van der Waals surface area contributed by atoms with Crippen molar-refractivity contribution < 1.29 is 23.1 Å². The van der Waals surface area contributed by atoms with Crippen molar-refractivity contribution in [1.82, 2.24) is 10.3 Å². The molecule has 9 heteroatoms. The molecule has 1 amide bonds. The number of aldehydes is 1. The van der Waals surface area contributed by atoms with Crippen LogP contribution < -0.4 is 15.4 Å². The summed E-state index contributed by atoms with van der Waals surface area (Å²) in [5.41, 5.74) is 1.19. The summed E-state index contributed by atoms with van der Waals surface area (Å²) in [4.78, 5) is 26.0. The highest BCUT2D eigenvalue weighted by Crippen LogP contribution is 2.27. The minimum Gasteiger partial charge on any atom is -0.486 e. The largest absolute Gasteiger partial charge is 0.486 e. The van der Waals surface area contributed by atoms with Gasteiger partial charge in [0.25, 0.3) is 11.8 Å². The minimum atomic E-state index is -2.97. The van der Waals surface area contributed by atoms with Gasteiger partial charge in [0.15, 0.2) is 6.61 Å². The van der Waals surface area contributed by atoms with Crippen LogP contribution in [-0.4, -0.2) is 36.8 Å². The number of halogens is 3. The fraction of sp³-hybridized carbons (Fsp3) is 0.409. The van der Waals surface area contributed by atoms with Crippen molar-refractivity contribution in [1.29, 1.82) is 0 Å². The van der Waals surface area contributed by atoms with Crippen molar-refractivity contribution in [2.45, 2.75) is 39.7 Å². The highest BCUT2D eigenvalue weighted by atomic mass is 35.5. The molecule has 0 saturated heterocycles. The maximum absolute atomic E-state index is 12.9. The summed E-state index contributed by atoms with van der Waals surface area (Å²) in [6.07, 6.45) is 2.57. The summed E-state index contributed by atoms with van der Waals surface area (Å²) >= 11 is 6.03. The van der Waals surface area contributed by atoms with Gasteiger partial charge in [0.05, 0.1) is 11.1 Å². The second-order valence-corrected chi connectivity index (χ2v) is 7.71. The smallest absolute Gasteiger partial charge is 0.278 e. The molecule has 1 aromatic heterocycles. The van der Waals surface area contributed by atoms with E-state index in [1.807, 2.05) is 26.8 Å². The van der Waals surface area contributed by atoms with Crippen molar-refractivity contribution in [3.8, 4) is 5.75 Å². The van der Waals surface area contributed by atoms with Crippen LogP contribution in [0.3, 0.4) is 0 Å². The molecule has 6 nitrogen and oxygen atoms in total. The molecule has 1 heterocycles. The number of anilines is 1. The number of nitrogens with one attached hydrogen (secondary N) is 2. The first-order valence-corrected chi connectivity index (χ1v) is 10.0. The summed E-state index contributed by atoms with van der Waals surface area (Å²) < 4.78 is 30.7. The fourth-order valence-corrected chi connectivity index (χ4v) is 2.41. The number of pyridine rings is 1. The second kappa shape index (κ2) is 12.2. The predicted molar refractivity (Wildman–Crippen MR) is 118 cm³/mol. The Morgan fingerprint density at radius 3 is 2.42 bits per heavy atom. The molecule has 0 aliphatic rings. The Morgan fingerprint density at radius 1 is 1.26 bits per heavy atom. The highest BCUT2D eigenvalue weighted by molar-refractivity contribution is 6.32. The van der Waals surface area contributed by atoms with E-state index < -0.39 is 12.5 Å². The van der Waals surface area contributed by atoms with Crippen molar-refractivity contribution in [3.63, 3.8) is 0 Å². The summed E-state index contributed by atoms with van der Waals surface area (Å²) in [6.45, 7) is 5.52. The SMILES string of the molecule is CC(C)C=O.CNc1cc(C(C)NC(=O)c2ccc(OCC(C)(F)F)c(Cl)c2)ccn1. The quantitative estimate of drug-likeness (QED) is 0.538. The molecule has 0 aliphatic carbocycles. The van der Waals surface area contributed by atoms with Crippen LogP contribution in [0, 0.1) is 5.92 Å². The summed E-state index contributed by atoms with van der Waals surface area (Å²) in [5, 5.41) is 5.88. The zero-order valence-electron chi connectivity index (χ0n) is 18.2. The van der Waals surface area contributed by atoms with Crippen LogP contribution >= 0.6 is 11.6 Å². The van der Waals surface area contributed by atoms with E-state index in [0.29, 0.717) is 11.4 Å². The number of carbonyl (C=O) groups is 2. The van der Waals surface area contributed by atoms with E-state index >= 15 is 0 Å². The van der Waals surface area contributed by atoms with Gasteiger partial charge >= 0.3 is 0 Å². The number of carbonyl (C=O) groups excluding carboxylic acids is 2. The molecule has 2 rings (SSSR count). The highest BCUT2D eigenvalue weighted by Gasteiger charge is 2.23. The number of nitrogens with zero attached hydrogens (tertiary/aromatic N) is 1. The van der Waals surface area contributed by atoms with E-state index in [1.165, 1.54) is 18.2 Å². The summed E-state index contributed by atoms with van der Waals surface area (Å²) in [5.74, 6) is -2.30. The van der Waals surface area contributed by atoms with Gasteiger partial charge in [-0.05, 0) is 42.8 Å². The predicted octanol–water partition coefficient (Wildman–Crippen LogP) is 5.14. The molecule has 0 bridgehead atoms. The van der Waals surface area contributed by atoms with Gasteiger partial charge < -0.3 is 20.2 Å². The van der Waals surface area contributed by atoms with Crippen molar-refractivity contribution >= 4 is 29.6 Å². The second-order valence-electron chi connectivity index (χ2n) is 7.30. The number of hydrogen-bond donors (Lipinski definition) is 2. The molecular formula is C22H28ClF2N3O3. The number of benzene rings is 1. The van der Waals surface area contributed by atoms with E-state index in [0.717, 1.165) is 18.8 Å². The molecule has 0 saturated carbocycles. The van der Waals surface area contributed by atoms with Gasteiger partial charge in [-0.1, -0.05) is 25.4 Å². The van der Waals surface area contributed by atoms with Crippen LogP contribution in [0.15, 0.2) is 36.5 Å². The molecule has 2 N–H and O–H groups in total. The van der Waals surface area contributed by atoms with Crippen molar-refractivity contribution in [2.24, 2.45) is 5.92 Å². The van der Waals surface area contributed by atoms with Crippen LogP contribution in [-0.2, 0) is 4.79 Å². The van der Waals surface area contributed by atoms with Gasteiger partial charge in [0.2, 0.25) is 0 Å². The number of rotatable bonds is 8. The van der Waals surface area contributed by atoms with E-state index in [1.54, 1.807) is 19.3 Å². The van der Waals surface area contributed by atoms with Gasteiger partial charge in [-0.25, -0.2) is 13.8 Å². The van der Waals surface area contributed by atoms with Gasteiger partial charge in [-0.2, -0.15) is 0 Å². The molecule has 31 heavy (non-hydrogen) atoms. The van der Waals surface area contributed by atoms with E-state index in [4.69, 9.17) is 16.3 Å². The molecule has 170 valence electrons. The number of alkyl halides is 2. The first-order valence-electron chi connectivity index (χ1n) is 9.67. The van der Waals surface area contributed by atoms with Crippen LogP contribution in [0.1, 0.15) is 49.7 Å². The first-order chi connectivity index (χ1) is 14.5. The Kier molecular flexibility index (Phi) is 10.3. The zero-order chi connectivity index (χ0) is 23.6. The lowest BCUT2D eigenvalue weighted by atomic mass is 10.1. The van der Waals surface area contributed by atoms with E-state index in [9.17, 15) is 18.4 Å². The average Bonchev–Trinajstić information content (AvgIpc) is 2.72. The number of ether oxygens (including phenoxy) is 1. The normalized spacial score (nSPS) is 11.8. The monoisotopic (exact) mass is 455 g/mol. The number of amides is 1. The molecule has 1 atom stereocenters. The zero-order valence-corrected chi connectivity index (χ0v) is 19.0. The molecule has 2 aromatic rings. The average molecular weight is 456 g/mol. The van der Waals surface area contributed by atoms with Gasteiger partial charge in [-0.15, -0.1) is 0 Å². The molecule has 1 unspecified atom stereocenters. The lowest BCUT2D eigenvalue weighted by Crippen LogP contribution is -2.26. The van der Waals surface area contributed by atoms with E-state index in [2.05, 4.69) is 15.6 Å². The maximum Gasteiger partial charge on any atom is 0.278 e. The molecule has 0 aliphatic heterocycles. The van der Waals surface area contributed by atoms with Crippen molar-refractivity contribution in [2.75, 3.05) is 19.0 Å². The first kappa shape index (κ1) is 26.3. The third-order valence-corrected chi connectivity index (χ3v) is 4.13. The third kappa shape index (κ3) is 9.74. The van der Waals surface area contributed by atoms with Crippen LogP contribution in [0.2, 0.25) is 5.02 Å². The maximum atomic E-state index is 12.9. The lowest BCUT2D eigenvalue weighted by molar-refractivity contribution is -0.110. The lowest BCUT2D eigenvalue weighted by Gasteiger charge is -2.16. The van der Waals surface area contributed by atoms with Crippen LogP contribution in [0.4, 0.5) is 14.6 Å². The molecule has 0 spiro atoms. The van der Waals surface area contributed by atoms with Gasteiger partial charge in [0, 0.05) is 31.6 Å². The minimum absolute atomic E-state index is 0.0935. The fourth-order valence-electron chi connectivity index (χ4n) is 2.18. The van der Waals surface area contributed by atoms with Gasteiger partial charge in [-0.3, -0.25) is 4.79 Å². The van der Waals surface area contributed by atoms with Gasteiger partial charge in [0.1, 0.15) is 17.9 Å². The Bertz CT molecular complexity index is 873. The Morgan fingerprint density at radius 2 is 1.90 bits per heavy atom. The van der Waals surface area contributed by atoms with Crippen molar-refractivity contribution in [3.05, 3.63) is 52.7 Å². The molecule has 0 fully saturated rings. The number of aromatic nitrogens is 1. The Labute approximate surface area is 186 Å².